The molecule has 30 heavy (non-hydrogen) atoms. The monoisotopic (exact) mass is 401 g/mol. The van der Waals surface area contributed by atoms with Gasteiger partial charge in [-0.1, -0.05) is 43.7 Å². The average molecular weight is 401 g/mol. The van der Waals surface area contributed by atoms with Crippen molar-refractivity contribution in [2.75, 3.05) is 5.32 Å². The molecule has 2 aromatic heterocycles. The van der Waals surface area contributed by atoms with E-state index >= 15 is 0 Å². The van der Waals surface area contributed by atoms with Crippen molar-refractivity contribution in [3.63, 3.8) is 0 Å². The van der Waals surface area contributed by atoms with E-state index in [0.717, 1.165) is 24.9 Å². The lowest BCUT2D eigenvalue weighted by Gasteiger charge is -2.08. The Morgan fingerprint density at radius 3 is 2.57 bits per heavy atom. The number of aryl methyl sites for hydroxylation is 1. The van der Waals surface area contributed by atoms with Crippen LogP contribution >= 0.6 is 0 Å². The van der Waals surface area contributed by atoms with E-state index in [1.165, 1.54) is 22.7 Å². The maximum atomic E-state index is 12.8. The van der Waals surface area contributed by atoms with Crippen LogP contribution in [0, 0.1) is 0 Å². The number of fused-ring (bicyclic) bond motifs is 1. The van der Waals surface area contributed by atoms with E-state index in [0.29, 0.717) is 16.7 Å². The third kappa shape index (κ3) is 4.15. The van der Waals surface area contributed by atoms with Gasteiger partial charge in [0.05, 0.1) is 11.9 Å². The van der Waals surface area contributed by atoms with Crippen LogP contribution in [0.15, 0.2) is 71.9 Å². The first kappa shape index (κ1) is 19.6. The molecule has 2 aromatic carbocycles. The predicted molar refractivity (Wildman–Crippen MR) is 117 cm³/mol. The molecule has 1 amide bonds. The van der Waals surface area contributed by atoms with E-state index in [1.807, 2.05) is 54.6 Å². The number of nitrogens with one attached hydrogen (secondary N) is 1. The first-order valence-corrected chi connectivity index (χ1v) is 10.0. The molecule has 0 saturated heterocycles. The van der Waals surface area contributed by atoms with Crippen LogP contribution < -0.4 is 10.9 Å². The minimum Gasteiger partial charge on any atom is -0.325 e. The molecule has 2 heterocycles. The van der Waals surface area contributed by atoms with E-state index in [4.69, 9.17) is 0 Å². The second-order valence-electron chi connectivity index (χ2n) is 7.16. The first-order valence-electron chi connectivity index (χ1n) is 10.0. The SMILES string of the molecule is CCCCc1ccc(NC(=O)Cn2cnc3c(cnn3-c3ccccc3)c2=O)cc1. The molecular formula is C23H23N5O2. The molecule has 152 valence electrons. The van der Waals surface area contributed by atoms with Gasteiger partial charge in [0.2, 0.25) is 5.91 Å². The lowest BCUT2D eigenvalue weighted by Crippen LogP contribution is -2.27. The van der Waals surface area contributed by atoms with Crippen LogP contribution in [0.3, 0.4) is 0 Å². The van der Waals surface area contributed by atoms with Crippen LogP contribution in [-0.2, 0) is 17.8 Å². The number of aromatic nitrogens is 4. The minimum atomic E-state index is -0.299. The Balaban J connectivity index is 1.49. The molecule has 0 fully saturated rings. The number of amides is 1. The van der Waals surface area contributed by atoms with Gasteiger partial charge in [0.25, 0.3) is 5.56 Å². The van der Waals surface area contributed by atoms with E-state index in [1.54, 1.807) is 4.68 Å². The Hall–Kier alpha value is -3.74. The lowest BCUT2D eigenvalue weighted by atomic mass is 10.1. The van der Waals surface area contributed by atoms with Crippen molar-refractivity contribution in [3.05, 3.63) is 83.0 Å². The molecule has 0 unspecified atom stereocenters. The van der Waals surface area contributed by atoms with Crippen LogP contribution in [0.5, 0.6) is 0 Å². The van der Waals surface area contributed by atoms with Crippen molar-refractivity contribution in [3.8, 4) is 5.69 Å². The fourth-order valence-electron chi connectivity index (χ4n) is 3.31. The van der Waals surface area contributed by atoms with Gasteiger partial charge in [-0.15, -0.1) is 0 Å². The van der Waals surface area contributed by atoms with E-state index in [-0.39, 0.29) is 18.0 Å². The molecule has 0 spiro atoms. The van der Waals surface area contributed by atoms with Crippen LogP contribution in [0.1, 0.15) is 25.3 Å². The van der Waals surface area contributed by atoms with E-state index in [9.17, 15) is 9.59 Å². The zero-order valence-corrected chi connectivity index (χ0v) is 16.8. The Morgan fingerprint density at radius 2 is 1.83 bits per heavy atom. The Morgan fingerprint density at radius 1 is 1.07 bits per heavy atom. The second kappa shape index (κ2) is 8.73. The molecule has 0 atom stereocenters. The fraction of sp³-hybridized carbons (Fsp3) is 0.217. The quantitative estimate of drug-likeness (QED) is 0.513. The van der Waals surface area contributed by atoms with Gasteiger partial charge in [-0.25, -0.2) is 9.67 Å². The Kier molecular flexibility index (Phi) is 5.70. The molecule has 0 aliphatic carbocycles. The molecule has 0 aliphatic rings. The summed E-state index contributed by atoms with van der Waals surface area (Å²) in [6, 6.07) is 17.3. The smallest absolute Gasteiger partial charge is 0.264 e. The fourth-order valence-corrected chi connectivity index (χ4v) is 3.31. The number of carbonyl (C=O) groups is 1. The number of hydrogen-bond acceptors (Lipinski definition) is 4. The van der Waals surface area contributed by atoms with Crippen molar-refractivity contribution < 1.29 is 4.79 Å². The molecule has 4 aromatic rings. The maximum absolute atomic E-state index is 12.8. The summed E-state index contributed by atoms with van der Waals surface area (Å²) in [4.78, 5) is 29.6. The molecule has 0 bridgehead atoms. The molecule has 0 radical (unpaired) electrons. The Bertz CT molecular complexity index is 1210. The molecular weight excluding hydrogens is 378 g/mol. The summed E-state index contributed by atoms with van der Waals surface area (Å²) < 4.78 is 2.91. The zero-order chi connectivity index (χ0) is 20.9. The van der Waals surface area contributed by atoms with E-state index < -0.39 is 0 Å². The number of hydrogen-bond donors (Lipinski definition) is 1. The van der Waals surface area contributed by atoms with Gasteiger partial charge >= 0.3 is 0 Å². The lowest BCUT2D eigenvalue weighted by molar-refractivity contribution is -0.116. The highest BCUT2D eigenvalue weighted by Crippen LogP contribution is 2.14. The highest BCUT2D eigenvalue weighted by atomic mass is 16.2. The second-order valence-corrected chi connectivity index (χ2v) is 7.16. The number of benzene rings is 2. The van der Waals surface area contributed by atoms with Crippen LogP contribution in [0.25, 0.3) is 16.7 Å². The third-order valence-electron chi connectivity index (χ3n) is 4.93. The first-order chi connectivity index (χ1) is 14.7. The van der Waals surface area contributed by atoms with Crippen LogP contribution in [0.2, 0.25) is 0 Å². The van der Waals surface area contributed by atoms with Crippen molar-refractivity contribution >= 4 is 22.6 Å². The van der Waals surface area contributed by atoms with Crippen molar-refractivity contribution in [2.24, 2.45) is 0 Å². The topological polar surface area (TPSA) is 81.8 Å². The van der Waals surface area contributed by atoms with Gasteiger partial charge in [-0.3, -0.25) is 14.2 Å². The molecule has 4 rings (SSSR count). The minimum absolute atomic E-state index is 0.115. The summed E-state index contributed by atoms with van der Waals surface area (Å²) in [6.45, 7) is 2.05. The average Bonchev–Trinajstić information content (AvgIpc) is 3.21. The van der Waals surface area contributed by atoms with Crippen molar-refractivity contribution in [1.82, 2.24) is 19.3 Å². The van der Waals surface area contributed by atoms with Crippen molar-refractivity contribution in [1.29, 1.82) is 0 Å². The molecule has 7 heteroatoms. The van der Waals surface area contributed by atoms with Crippen LogP contribution in [0.4, 0.5) is 5.69 Å². The number of unbranched alkanes of at least 4 members (excludes halogenated alkanes) is 1. The van der Waals surface area contributed by atoms with Gasteiger partial charge in [0.15, 0.2) is 5.65 Å². The number of anilines is 1. The number of para-hydroxylation sites is 1. The zero-order valence-electron chi connectivity index (χ0n) is 16.8. The summed E-state index contributed by atoms with van der Waals surface area (Å²) in [7, 11) is 0. The van der Waals surface area contributed by atoms with Gasteiger partial charge < -0.3 is 5.32 Å². The van der Waals surface area contributed by atoms with Crippen LogP contribution in [-0.4, -0.2) is 25.2 Å². The van der Waals surface area contributed by atoms with Gasteiger partial charge in [0.1, 0.15) is 18.3 Å². The number of rotatable bonds is 7. The number of nitrogens with zero attached hydrogens (tertiary/aromatic N) is 4. The third-order valence-corrected chi connectivity index (χ3v) is 4.93. The normalized spacial score (nSPS) is 11.0. The predicted octanol–water partition coefficient (Wildman–Crippen LogP) is 3.56. The summed E-state index contributed by atoms with van der Waals surface area (Å²) >= 11 is 0. The summed E-state index contributed by atoms with van der Waals surface area (Å²) in [6.07, 6.45) is 6.20. The molecule has 0 aliphatic heterocycles. The van der Waals surface area contributed by atoms with E-state index in [2.05, 4.69) is 22.3 Å². The number of carbonyl (C=O) groups excluding carboxylic acids is 1. The van der Waals surface area contributed by atoms with Gasteiger partial charge in [0, 0.05) is 5.69 Å². The van der Waals surface area contributed by atoms with Gasteiger partial charge in [-0.05, 0) is 42.7 Å². The summed E-state index contributed by atoms with van der Waals surface area (Å²) in [5, 5.41) is 7.49. The summed E-state index contributed by atoms with van der Waals surface area (Å²) in [5.41, 5.74) is 2.94. The maximum Gasteiger partial charge on any atom is 0.264 e. The van der Waals surface area contributed by atoms with Gasteiger partial charge in [-0.2, -0.15) is 5.10 Å². The molecule has 0 saturated carbocycles. The summed E-state index contributed by atoms with van der Waals surface area (Å²) in [5.74, 6) is -0.282. The Labute approximate surface area is 174 Å². The highest BCUT2D eigenvalue weighted by Gasteiger charge is 2.13. The molecule has 7 nitrogen and oxygen atoms in total. The largest absolute Gasteiger partial charge is 0.325 e. The standard InChI is InChI=1S/C23H23N5O2/c1-2-3-7-17-10-12-18(13-11-17)26-21(29)15-27-16-24-22-20(23(27)30)14-25-28(22)19-8-5-4-6-9-19/h4-6,8-14,16H,2-3,7,15H2,1H3,(H,26,29). The molecule has 1 N–H and O–H groups in total. The highest BCUT2D eigenvalue weighted by molar-refractivity contribution is 5.90. The van der Waals surface area contributed by atoms with Crippen molar-refractivity contribution in [2.45, 2.75) is 32.7 Å².